The van der Waals surface area contributed by atoms with Crippen molar-refractivity contribution >= 4 is 5.91 Å². The molecule has 0 aromatic heterocycles. The number of hydrogen-bond donors (Lipinski definition) is 2. The van der Waals surface area contributed by atoms with Gasteiger partial charge in [-0.05, 0) is 39.3 Å². The van der Waals surface area contributed by atoms with Crippen molar-refractivity contribution < 1.29 is 9.18 Å². The van der Waals surface area contributed by atoms with Gasteiger partial charge in [0.2, 0.25) is 0 Å². The summed E-state index contributed by atoms with van der Waals surface area (Å²) in [6.45, 7) is 5.55. The number of benzene rings is 1. The second-order valence-corrected chi connectivity index (χ2v) is 4.57. The van der Waals surface area contributed by atoms with E-state index in [0.29, 0.717) is 6.42 Å². The van der Waals surface area contributed by atoms with Crippen LogP contribution in [0, 0.1) is 12.7 Å². The lowest BCUT2D eigenvalue weighted by Crippen LogP contribution is -2.36. The molecule has 0 fully saturated rings. The highest BCUT2D eigenvalue weighted by Gasteiger charge is 2.14. The van der Waals surface area contributed by atoms with E-state index in [1.54, 1.807) is 12.1 Å². The summed E-state index contributed by atoms with van der Waals surface area (Å²) in [6, 6.07) is 4.43. The van der Waals surface area contributed by atoms with Crippen LogP contribution in [0.25, 0.3) is 0 Å². The number of hydrogen-bond acceptors (Lipinski definition) is 2. The third-order valence-corrected chi connectivity index (χ3v) is 2.47. The average molecular weight is 238 g/mol. The molecule has 2 unspecified atom stereocenters. The molecule has 0 radical (unpaired) electrons. The summed E-state index contributed by atoms with van der Waals surface area (Å²) in [5.74, 6) is -0.888. The first kappa shape index (κ1) is 13.6. The zero-order chi connectivity index (χ0) is 13.0. The molecule has 17 heavy (non-hydrogen) atoms. The van der Waals surface area contributed by atoms with Crippen LogP contribution in [0.4, 0.5) is 4.39 Å². The maximum atomic E-state index is 13.4. The van der Waals surface area contributed by atoms with Gasteiger partial charge in [-0.15, -0.1) is 0 Å². The summed E-state index contributed by atoms with van der Waals surface area (Å²) < 4.78 is 13.4. The van der Waals surface area contributed by atoms with Gasteiger partial charge in [-0.2, -0.15) is 0 Å². The molecule has 94 valence electrons. The number of carbonyl (C=O) groups is 1. The molecule has 0 aliphatic carbocycles. The number of halogens is 1. The number of carbonyl (C=O) groups excluding carboxylic acids is 1. The first-order valence-corrected chi connectivity index (χ1v) is 5.72. The Morgan fingerprint density at radius 2 is 2.12 bits per heavy atom. The van der Waals surface area contributed by atoms with Gasteiger partial charge in [-0.25, -0.2) is 4.39 Å². The van der Waals surface area contributed by atoms with Crippen molar-refractivity contribution in [3.8, 4) is 0 Å². The lowest BCUT2D eigenvalue weighted by atomic mass is 10.1. The highest BCUT2D eigenvalue weighted by atomic mass is 19.1. The van der Waals surface area contributed by atoms with Crippen molar-refractivity contribution in [3.63, 3.8) is 0 Å². The van der Waals surface area contributed by atoms with Gasteiger partial charge in [0.05, 0.1) is 5.56 Å². The summed E-state index contributed by atoms with van der Waals surface area (Å²) >= 11 is 0. The third kappa shape index (κ3) is 4.15. The van der Waals surface area contributed by atoms with Crippen LogP contribution in [-0.2, 0) is 0 Å². The van der Waals surface area contributed by atoms with Crippen LogP contribution in [0.5, 0.6) is 0 Å². The number of nitrogens with one attached hydrogen (secondary N) is 1. The highest BCUT2D eigenvalue weighted by molar-refractivity contribution is 5.94. The molecule has 1 aromatic carbocycles. The molecule has 4 heteroatoms. The minimum absolute atomic E-state index is 0.00709. The molecule has 1 aromatic rings. The molecule has 0 aliphatic heterocycles. The standard InChI is InChI=1S/C13H19FN2O/c1-8-4-5-12(14)11(6-8)13(17)16-10(3)7-9(2)15/h4-6,9-10H,7,15H2,1-3H3,(H,16,17). The Morgan fingerprint density at radius 1 is 1.47 bits per heavy atom. The van der Waals surface area contributed by atoms with Gasteiger partial charge >= 0.3 is 0 Å². The van der Waals surface area contributed by atoms with Crippen LogP contribution in [0.15, 0.2) is 18.2 Å². The number of aryl methyl sites for hydroxylation is 1. The number of amides is 1. The minimum Gasteiger partial charge on any atom is -0.349 e. The van der Waals surface area contributed by atoms with Crippen molar-refractivity contribution in [2.45, 2.75) is 39.3 Å². The van der Waals surface area contributed by atoms with E-state index in [2.05, 4.69) is 5.32 Å². The Balaban J connectivity index is 2.73. The van der Waals surface area contributed by atoms with Gasteiger partial charge in [0.1, 0.15) is 5.82 Å². The minimum atomic E-state index is -0.499. The molecule has 2 atom stereocenters. The van der Waals surface area contributed by atoms with Gasteiger partial charge in [0.15, 0.2) is 0 Å². The summed E-state index contributed by atoms with van der Waals surface area (Å²) in [7, 11) is 0. The van der Waals surface area contributed by atoms with Crippen LogP contribution >= 0.6 is 0 Å². The SMILES string of the molecule is Cc1ccc(F)c(C(=O)NC(C)CC(C)N)c1. The molecule has 0 saturated heterocycles. The fourth-order valence-corrected chi connectivity index (χ4v) is 1.73. The van der Waals surface area contributed by atoms with Crippen LogP contribution in [-0.4, -0.2) is 18.0 Å². The number of nitrogens with two attached hydrogens (primary N) is 1. The second-order valence-electron chi connectivity index (χ2n) is 4.57. The van der Waals surface area contributed by atoms with E-state index in [-0.39, 0.29) is 23.6 Å². The quantitative estimate of drug-likeness (QED) is 0.842. The van der Waals surface area contributed by atoms with E-state index in [0.717, 1.165) is 5.56 Å². The maximum Gasteiger partial charge on any atom is 0.254 e. The van der Waals surface area contributed by atoms with Gasteiger partial charge in [-0.1, -0.05) is 11.6 Å². The molecule has 0 heterocycles. The predicted octanol–water partition coefficient (Wildman–Crippen LogP) is 1.99. The summed E-state index contributed by atoms with van der Waals surface area (Å²) in [6.07, 6.45) is 0.666. The topological polar surface area (TPSA) is 55.1 Å². The summed E-state index contributed by atoms with van der Waals surface area (Å²) in [5, 5.41) is 2.74. The monoisotopic (exact) mass is 238 g/mol. The van der Waals surface area contributed by atoms with Crippen LogP contribution in [0.3, 0.4) is 0 Å². The fraction of sp³-hybridized carbons (Fsp3) is 0.462. The van der Waals surface area contributed by atoms with Crippen molar-refractivity contribution in [3.05, 3.63) is 35.1 Å². The van der Waals surface area contributed by atoms with Crippen molar-refractivity contribution in [1.29, 1.82) is 0 Å². The average Bonchev–Trinajstić information content (AvgIpc) is 2.20. The highest BCUT2D eigenvalue weighted by Crippen LogP contribution is 2.10. The van der Waals surface area contributed by atoms with Gasteiger partial charge < -0.3 is 11.1 Å². The Labute approximate surface area is 101 Å². The zero-order valence-corrected chi connectivity index (χ0v) is 10.5. The van der Waals surface area contributed by atoms with Crippen LogP contribution in [0.1, 0.15) is 36.2 Å². The normalized spacial score (nSPS) is 14.2. The van der Waals surface area contributed by atoms with E-state index in [4.69, 9.17) is 5.73 Å². The largest absolute Gasteiger partial charge is 0.349 e. The van der Waals surface area contributed by atoms with Crippen molar-refractivity contribution in [2.24, 2.45) is 5.73 Å². The number of rotatable bonds is 4. The maximum absolute atomic E-state index is 13.4. The Hall–Kier alpha value is -1.42. The third-order valence-electron chi connectivity index (χ3n) is 2.47. The molecular weight excluding hydrogens is 219 g/mol. The van der Waals surface area contributed by atoms with E-state index in [9.17, 15) is 9.18 Å². The zero-order valence-electron chi connectivity index (χ0n) is 10.5. The first-order chi connectivity index (χ1) is 7.90. The van der Waals surface area contributed by atoms with E-state index in [1.807, 2.05) is 20.8 Å². The summed E-state index contributed by atoms with van der Waals surface area (Å²) in [5.41, 5.74) is 6.58. The van der Waals surface area contributed by atoms with Crippen molar-refractivity contribution in [2.75, 3.05) is 0 Å². The van der Waals surface area contributed by atoms with E-state index < -0.39 is 5.82 Å². The van der Waals surface area contributed by atoms with Gasteiger partial charge in [-0.3, -0.25) is 4.79 Å². The predicted molar refractivity (Wildman–Crippen MR) is 66.3 cm³/mol. The molecule has 0 aliphatic rings. The lowest BCUT2D eigenvalue weighted by molar-refractivity contribution is 0.0933. The van der Waals surface area contributed by atoms with Crippen molar-refractivity contribution in [1.82, 2.24) is 5.32 Å². The molecular formula is C13H19FN2O. The van der Waals surface area contributed by atoms with E-state index in [1.165, 1.54) is 6.07 Å². The molecule has 0 bridgehead atoms. The summed E-state index contributed by atoms with van der Waals surface area (Å²) in [4.78, 5) is 11.8. The van der Waals surface area contributed by atoms with E-state index >= 15 is 0 Å². The van der Waals surface area contributed by atoms with Crippen LogP contribution in [0.2, 0.25) is 0 Å². The Kier molecular flexibility index (Phi) is 4.63. The van der Waals surface area contributed by atoms with Crippen LogP contribution < -0.4 is 11.1 Å². The molecule has 3 N–H and O–H groups in total. The molecule has 1 rings (SSSR count). The Morgan fingerprint density at radius 3 is 2.71 bits per heavy atom. The first-order valence-electron chi connectivity index (χ1n) is 5.72. The molecule has 0 spiro atoms. The second kappa shape index (κ2) is 5.77. The Bertz CT molecular complexity index is 404. The fourth-order valence-electron chi connectivity index (χ4n) is 1.73. The van der Waals surface area contributed by atoms with Gasteiger partial charge in [0.25, 0.3) is 5.91 Å². The molecule has 0 saturated carbocycles. The molecule has 1 amide bonds. The smallest absolute Gasteiger partial charge is 0.254 e. The lowest BCUT2D eigenvalue weighted by Gasteiger charge is -2.16. The van der Waals surface area contributed by atoms with Gasteiger partial charge in [0, 0.05) is 12.1 Å². The molecule has 3 nitrogen and oxygen atoms in total.